The molecule has 0 radical (unpaired) electrons. The van der Waals surface area contributed by atoms with Gasteiger partial charge in [-0.3, -0.25) is 14.2 Å². The number of anilines is 1. The van der Waals surface area contributed by atoms with Crippen LogP contribution in [-0.4, -0.2) is 20.6 Å². The molecule has 4 aromatic rings. The van der Waals surface area contributed by atoms with Crippen molar-refractivity contribution in [1.29, 1.82) is 0 Å². The molecular weight excluding hydrogens is 344 g/mol. The van der Waals surface area contributed by atoms with Gasteiger partial charge < -0.3 is 9.84 Å². The van der Waals surface area contributed by atoms with E-state index in [1.54, 1.807) is 18.3 Å². The van der Waals surface area contributed by atoms with Gasteiger partial charge in [0.2, 0.25) is 0 Å². The van der Waals surface area contributed by atoms with E-state index in [1.807, 2.05) is 37.3 Å². The van der Waals surface area contributed by atoms with Gasteiger partial charge in [-0.2, -0.15) is 0 Å². The molecular formula is C20H16N4O3. The molecule has 3 aromatic heterocycles. The zero-order valence-electron chi connectivity index (χ0n) is 14.5. The minimum atomic E-state index is -0.544. The number of aromatic nitrogens is 3. The van der Waals surface area contributed by atoms with Crippen LogP contribution in [0.1, 0.15) is 21.5 Å². The van der Waals surface area contributed by atoms with Crippen LogP contribution in [0.5, 0.6) is 0 Å². The van der Waals surface area contributed by atoms with Crippen molar-refractivity contribution in [2.24, 2.45) is 0 Å². The Labute approximate surface area is 154 Å². The maximum atomic E-state index is 13.0. The molecule has 0 aliphatic heterocycles. The average molecular weight is 360 g/mol. The van der Waals surface area contributed by atoms with Gasteiger partial charge in [-0.25, -0.2) is 4.98 Å². The fourth-order valence-corrected chi connectivity index (χ4v) is 2.85. The first-order valence-electron chi connectivity index (χ1n) is 8.37. The number of hydrogen-bond donors (Lipinski definition) is 1. The van der Waals surface area contributed by atoms with Crippen molar-refractivity contribution in [2.75, 3.05) is 5.32 Å². The number of nitrogens with zero attached hydrogens (tertiary/aromatic N) is 3. The zero-order chi connectivity index (χ0) is 18.8. The largest absolute Gasteiger partial charge is 0.363 e. The zero-order valence-corrected chi connectivity index (χ0v) is 14.5. The van der Waals surface area contributed by atoms with Crippen LogP contribution >= 0.6 is 0 Å². The second-order valence-electron chi connectivity index (χ2n) is 6.19. The fourth-order valence-electron chi connectivity index (χ4n) is 2.85. The van der Waals surface area contributed by atoms with E-state index in [9.17, 15) is 9.59 Å². The van der Waals surface area contributed by atoms with Gasteiger partial charge in [0.1, 0.15) is 17.5 Å². The van der Waals surface area contributed by atoms with Gasteiger partial charge in [-0.15, -0.1) is 0 Å². The minimum Gasteiger partial charge on any atom is -0.363 e. The van der Waals surface area contributed by atoms with E-state index in [0.29, 0.717) is 17.6 Å². The number of hydrogen-bond acceptors (Lipinski definition) is 5. The van der Waals surface area contributed by atoms with E-state index >= 15 is 0 Å². The first kappa shape index (κ1) is 16.7. The molecule has 0 spiro atoms. The van der Waals surface area contributed by atoms with Crippen LogP contribution in [-0.2, 0) is 6.54 Å². The molecule has 134 valence electrons. The van der Waals surface area contributed by atoms with Crippen molar-refractivity contribution >= 4 is 22.8 Å². The Morgan fingerprint density at radius 1 is 1.19 bits per heavy atom. The number of benzene rings is 1. The highest BCUT2D eigenvalue weighted by Crippen LogP contribution is 2.14. The summed E-state index contributed by atoms with van der Waals surface area (Å²) in [6, 6.07) is 14.5. The number of fused-ring (bicyclic) bond motifs is 1. The molecule has 0 unspecified atom stereocenters. The molecule has 7 nitrogen and oxygen atoms in total. The molecule has 1 aromatic carbocycles. The van der Waals surface area contributed by atoms with E-state index in [-0.39, 0.29) is 11.4 Å². The number of amides is 1. The van der Waals surface area contributed by atoms with Crippen LogP contribution in [0.4, 0.5) is 5.82 Å². The molecule has 0 fully saturated rings. The standard InChI is InChI=1S/C20H16N4O3/c1-13-4-6-14(7-5-13)12-24-18-15(3-2-9-21-18)11-16(20(24)26)19(25)22-17-8-10-27-23-17/h2-11H,12H2,1H3,(H,22,23,25). The third-order valence-corrected chi connectivity index (χ3v) is 4.23. The summed E-state index contributed by atoms with van der Waals surface area (Å²) in [7, 11) is 0. The Bertz CT molecular complexity index is 1160. The Morgan fingerprint density at radius 2 is 2.00 bits per heavy atom. The monoisotopic (exact) mass is 360 g/mol. The quantitative estimate of drug-likeness (QED) is 0.604. The summed E-state index contributed by atoms with van der Waals surface area (Å²) in [6.07, 6.45) is 2.97. The Morgan fingerprint density at radius 3 is 2.74 bits per heavy atom. The molecule has 3 heterocycles. The predicted octanol–water partition coefficient (Wildman–Crippen LogP) is 2.99. The molecule has 0 saturated carbocycles. The first-order valence-corrected chi connectivity index (χ1v) is 8.37. The van der Waals surface area contributed by atoms with Gasteiger partial charge in [-0.1, -0.05) is 35.0 Å². The highest BCUT2D eigenvalue weighted by Gasteiger charge is 2.17. The summed E-state index contributed by atoms with van der Waals surface area (Å²) in [6.45, 7) is 2.32. The molecule has 1 amide bonds. The second-order valence-corrected chi connectivity index (χ2v) is 6.19. The lowest BCUT2D eigenvalue weighted by Crippen LogP contribution is -2.30. The van der Waals surface area contributed by atoms with Crippen LogP contribution < -0.4 is 10.9 Å². The average Bonchev–Trinajstić information content (AvgIpc) is 3.18. The predicted molar refractivity (Wildman–Crippen MR) is 101 cm³/mol. The summed E-state index contributed by atoms with van der Waals surface area (Å²) in [5.74, 6) is -0.298. The summed E-state index contributed by atoms with van der Waals surface area (Å²) >= 11 is 0. The molecule has 0 aliphatic rings. The van der Waals surface area contributed by atoms with Crippen molar-refractivity contribution in [2.45, 2.75) is 13.5 Å². The molecule has 0 bridgehead atoms. The molecule has 0 atom stereocenters. The SMILES string of the molecule is Cc1ccc(Cn2c(=O)c(C(=O)Nc3ccon3)cc3cccnc32)cc1. The lowest BCUT2D eigenvalue weighted by Gasteiger charge is -2.12. The third kappa shape index (κ3) is 3.35. The number of pyridine rings is 2. The normalized spacial score (nSPS) is 10.9. The van der Waals surface area contributed by atoms with Gasteiger partial charge >= 0.3 is 0 Å². The molecule has 27 heavy (non-hydrogen) atoms. The van der Waals surface area contributed by atoms with E-state index in [4.69, 9.17) is 4.52 Å². The third-order valence-electron chi connectivity index (χ3n) is 4.23. The minimum absolute atomic E-state index is 0.0191. The summed E-state index contributed by atoms with van der Waals surface area (Å²) in [4.78, 5) is 30.0. The maximum absolute atomic E-state index is 13.0. The van der Waals surface area contributed by atoms with Crippen molar-refractivity contribution < 1.29 is 9.32 Å². The van der Waals surface area contributed by atoms with E-state index in [0.717, 1.165) is 11.1 Å². The summed E-state index contributed by atoms with van der Waals surface area (Å²) in [5.41, 5.74) is 2.22. The molecule has 7 heteroatoms. The smallest absolute Gasteiger partial charge is 0.265 e. The van der Waals surface area contributed by atoms with Gasteiger partial charge in [-0.05, 0) is 30.7 Å². The van der Waals surface area contributed by atoms with Crippen LogP contribution in [0.15, 0.2) is 70.3 Å². The molecule has 0 aliphatic carbocycles. The van der Waals surface area contributed by atoms with E-state index in [2.05, 4.69) is 15.5 Å². The van der Waals surface area contributed by atoms with Crippen LogP contribution in [0, 0.1) is 6.92 Å². The van der Waals surface area contributed by atoms with Crippen molar-refractivity contribution in [3.05, 3.63) is 88.0 Å². The van der Waals surface area contributed by atoms with Crippen molar-refractivity contribution in [1.82, 2.24) is 14.7 Å². The summed E-state index contributed by atoms with van der Waals surface area (Å²) in [5, 5.41) is 6.91. The maximum Gasteiger partial charge on any atom is 0.265 e. The second kappa shape index (κ2) is 6.87. The van der Waals surface area contributed by atoms with Gasteiger partial charge in [0.15, 0.2) is 5.82 Å². The lowest BCUT2D eigenvalue weighted by atomic mass is 10.1. The number of aryl methyl sites for hydroxylation is 1. The topological polar surface area (TPSA) is 90.0 Å². The Hall–Kier alpha value is -3.74. The number of carbonyl (C=O) groups is 1. The Balaban J connectivity index is 1.81. The molecule has 1 N–H and O–H groups in total. The Kier molecular flexibility index (Phi) is 4.25. The van der Waals surface area contributed by atoms with Crippen molar-refractivity contribution in [3.63, 3.8) is 0 Å². The lowest BCUT2D eigenvalue weighted by molar-refractivity contribution is 0.102. The van der Waals surface area contributed by atoms with Gasteiger partial charge in [0.05, 0.1) is 6.54 Å². The number of carbonyl (C=O) groups excluding carboxylic acids is 1. The van der Waals surface area contributed by atoms with Crippen LogP contribution in [0.3, 0.4) is 0 Å². The van der Waals surface area contributed by atoms with E-state index in [1.165, 1.54) is 16.9 Å². The van der Waals surface area contributed by atoms with Gasteiger partial charge in [0, 0.05) is 17.6 Å². The molecule has 4 rings (SSSR count). The van der Waals surface area contributed by atoms with Gasteiger partial charge in [0.25, 0.3) is 11.5 Å². The first-order chi connectivity index (χ1) is 13.1. The number of rotatable bonds is 4. The number of nitrogens with one attached hydrogen (secondary N) is 1. The fraction of sp³-hybridized carbons (Fsp3) is 0.100. The van der Waals surface area contributed by atoms with Crippen LogP contribution in [0.25, 0.3) is 11.0 Å². The summed E-state index contributed by atoms with van der Waals surface area (Å²) < 4.78 is 6.22. The van der Waals surface area contributed by atoms with Crippen LogP contribution in [0.2, 0.25) is 0 Å². The van der Waals surface area contributed by atoms with E-state index < -0.39 is 11.5 Å². The highest BCUT2D eigenvalue weighted by atomic mass is 16.5. The molecule has 0 saturated heterocycles. The van der Waals surface area contributed by atoms with Crippen molar-refractivity contribution in [3.8, 4) is 0 Å². The highest BCUT2D eigenvalue weighted by molar-refractivity contribution is 6.05.